The predicted molar refractivity (Wildman–Crippen MR) is 73.5 cm³/mol. The third-order valence-electron chi connectivity index (χ3n) is 3.72. The zero-order valence-corrected chi connectivity index (χ0v) is 11.5. The van der Waals surface area contributed by atoms with Crippen LogP contribution in [-0.4, -0.2) is 17.1 Å². The van der Waals surface area contributed by atoms with E-state index in [2.05, 4.69) is 0 Å². The Hall–Kier alpha value is -1.76. The largest absolute Gasteiger partial charge is 0.488 e. The van der Waals surface area contributed by atoms with Gasteiger partial charge in [0, 0.05) is 18.2 Å². The van der Waals surface area contributed by atoms with Crippen LogP contribution in [0.5, 0.6) is 5.75 Å². The molecule has 1 aromatic carbocycles. The van der Waals surface area contributed by atoms with Crippen molar-refractivity contribution in [2.24, 2.45) is 5.73 Å². The summed E-state index contributed by atoms with van der Waals surface area (Å²) in [6, 6.07) is 3.07. The Morgan fingerprint density at radius 2 is 2.00 bits per heavy atom. The summed E-state index contributed by atoms with van der Waals surface area (Å²) >= 11 is 0. The van der Waals surface area contributed by atoms with Crippen LogP contribution in [0.3, 0.4) is 0 Å². The fraction of sp³-hybridized carbons (Fsp3) is 0.571. The molecule has 2 unspecified atom stereocenters. The number of nitro groups is 1. The summed E-state index contributed by atoms with van der Waals surface area (Å²) in [7, 11) is 0. The first-order valence-corrected chi connectivity index (χ1v) is 6.97. The number of ether oxygens (including phenoxy) is 1. The van der Waals surface area contributed by atoms with Crippen molar-refractivity contribution in [1.29, 1.82) is 0 Å². The molecule has 116 valence electrons. The van der Waals surface area contributed by atoms with Gasteiger partial charge in [0.15, 0.2) is 0 Å². The molecule has 0 heterocycles. The number of nitrogens with two attached hydrogens (primary N) is 1. The molecule has 21 heavy (non-hydrogen) atoms. The molecule has 5 nitrogen and oxygen atoms in total. The lowest BCUT2D eigenvalue weighted by Gasteiger charge is -2.24. The average molecular weight is 300 g/mol. The number of rotatable bonds is 4. The van der Waals surface area contributed by atoms with E-state index in [-0.39, 0.29) is 23.6 Å². The van der Waals surface area contributed by atoms with Gasteiger partial charge < -0.3 is 10.5 Å². The number of hydrogen-bond donors (Lipinski definition) is 1. The van der Waals surface area contributed by atoms with Crippen molar-refractivity contribution in [3.63, 3.8) is 0 Å². The van der Waals surface area contributed by atoms with E-state index in [0.717, 1.165) is 31.7 Å². The first-order valence-electron chi connectivity index (χ1n) is 6.97. The van der Waals surface area contributed by atoms with Gasteiger partial charge in [-0.25, -0.2) is 8.78 Å². The van der Waals surface area contributed by atoms with Crippen LogP contribution in [0.15, 0.2) is 18.2 Å². The highest BCUT2D eigenvalue weighted by Gasteiger charge is 2.25. The lowest BCUT2D eigenvalue weighted by molar-refractivity contribution is -0.385. The smallest absolute Gasteiger partial charge is 0.270 e. The highest BCUT2D eigenvalue weighted by Crippen LogP contribution is 2.34. The second kappa shape index (κ2) is 6.80. The Morgan fingerprint density at radius 3 is 2.67 bits per heavy atom. The van der Waals surface area contributed by atoms with Crippen LogP contribution in [0.4, 0.5) is 14.5 Å². The molecule has 0 bridgehead atoms. The minimum absolute atomic E-state index is 0.0158. The Bertz CT molecular complexity index is 511. The Balaban J connectivity index is 2.23. The van der Waals surface area contributed by atoms with Crippen LogP contribution < -0.4 is 10.5 Å². The van der Waals surface area contributed by atoms with Crippen LogP contribution in [0.1, 0.15) is 44.1 Å². The molecule has 0 spiro atoms. The molecule has 2 rings (SSSR count). The molecular formula is C14H18F2N2O3. The Morgan fingerprint density at radius 1 is 1.29 bits per heavy atom. The normalized spacial score (nSPS) is 22.9. The molecule has 1 fully saturated rings. The SMILES string of the molecule is NC1CCCCCC1Oc1ccc([N+](=O)[O-])cc1C(F)F. The van der Waals surface area contributed by atoms with Gasteiger partial charge in [0.05, 0.1) is 10.5 Å². The zero-order valence-electron chi connectivity index (χ0n) is 11.5. The minimum atomic E-state index is -2.83. The van der Waals surface area contributed by atoms with E-state index in [1.807, 2.05) is 0 Å². The van der Waals surface area contributed by atoms with Crippen molar-refractivity contribution < 1.29 is 18.4 Å². The molecule has 2 N–H and O–H groups in total. The highest BCUT2D eigenvalue weighted by molar-refractivity contribution is 5.44. The molecule has 7 heteroatoms. The number of hydrogen-bond acceptors (Lipinski definition) is 4. The van der Waals surface area contributed by atoms with Crippen LogP contribution in [-0.2, 0) is 0 Å². The fourth-order valence-corrected chi connectivity index (χ4v) is 2.54. The van der Waals surface area contributed by atoms with E-state index in [1.165, 1.54) is 12.1 Å². The van der Waals surface area contributed by atoms with Crippen LogP contribution in [0.25, 0.3) is 0 Å². The molecule has 2 atom stereocenters. The first kappa shape index (κ1) is 15.6. The van der Waals surface area contributed by atoms with Gasteiger partial charge in [0.1, 0.15) is 11.9 Å². The number of non-ortho nitro benzene ring substituents is 1. The highest BCUT2D eigenvalue weighted by atomic mass is 19.3. The van der Waals surface area contributed by atoms with Crippen molar-refractivity contribution in [2.45, 2.75) is 50.7 Å². The van der Waals surface area contributed by atoms with E-state index < -0.39 is 16.9 Å². The molecule has 0 aliphatic heterocycles. The lowest BCUT2D eigenvalue weighted by atomic mass is 10.1. The lowest BCUT2D eigenvalue weighted by Crippen LogP contribution is -2.38. The third kappa shape index (κ3) is 3.87. The van der Waals surface area contributed by atoms with E-state index >= 15 is 0 Å². The van der Waals surface area contributed by atoms with Crippen molar-refractivity contribution in [3.8, 4) is 5.75 Å². The summed E-state index contributed by atoms with van der Waals surface area (Å²) in [6.07, 6.45) is 1.34. The van der Waals surface area contributed by atoms with Gasteiger partial charge in [-0.15, -0.1) is 0 Å². The summed E-state index contributed by atoms with van der Waals surface area (Å²) in [4.78, 5) is 9.97. The van der Waals surface area contributed by atoms with Gasteiger partial charge in [-0.05, 0) is 25.3 Å². The van der Waals surface area contributed by atoms with Crippen LogP contribution >= 0.6 is 0 Å². The second-order valence-corrected chi connectivity index (χ2v) is 5.24. The summed E-state index contributed by atoms with van der Waals surface area (Å²) in [5, 5.41) is 10.7. The minimum Gasteiger partial charge on any atom is -0.488 e. The molecule has 0 radical (unpaired) electrons. The van der Waals surface area contributed by atoms with Gasteiger partial charge in [0.2, 0.25) is 0 Å². The molecule has 0 aromatic heterocycles. The molecule has 1 aliphatic rings. The van der Waals surface area contributed by atoms with Crippen molar-refractivity contribution in [1.82, 2.24) is 0 Å². The molecule has 0 amide bonds. The molecule has 1 saturated carbocycles. The maximum Gasteiger partial charge on any atom is 0.270 e. The Kier molecular flexibility index (Phi) is 5.06. The monoisotopic (exact) mass is 300 g/mol. The third-order valence-corrected chi connectivity index (χ3v) is 3.72. The molecular weight excluding hydrogens is 282 g/mol. The standard InChI is InChI=1S/C14H18F2N2O3/c15-14(16)10-8-9(18(19)20)6-7-12(10)21-13-5-3-1-2-4-11(13)17/h6-8,11,13-14H,1-5,17H2. The van der Waals surface area contributed by atoms with Gasteiger partial charge in [-0.3, -0.25) is 10.1 Å². The molecule has 0 saturated heterocycles. The predicted octanol–water partition coefficient (Wildman–Crippen LogP) is 3.57. The van der Waals surface area contributed by atoms with E-state index in [9.17, 15) is 18.9 Å². The van der Waals surface area contributed by atoms with Crippen molar-refractivity contribution in [2.75, 3.05) is 0 Å². The fourth-order valence-electron chi connectivity index (χ4n) is 2.54. The van der Waals surface area contributed by atoms with E-state index in [4.69, 9.17) is 10.5 Å². The van der Waals surface area contributed by atoms with Crippen LogP contribution in [0.2, 0.25) is 0 Å². The van der Waals surface area contributed by atoms with E-state index in [1.54, 1.807) is 0 Å². The van der Waals surface area contributed by atoms with Gasteiger partial charge >= 0.3 is 0 Å². The summed E-state index contributed by atoms with van der Waals surface area (Å²) in [5.41, 5.74) is 5.18. The van der Waals surface area contributed by atoms with Crippen LogP contribution in [0, 0.1) is 10.1 Å². The average Bonchev–Trinajstić information content (AvgIpc) is 2.64. The number of nitrogens with zero attached hydrogens (tertiary/aromatic N) is 1. The summed E-state index contributed by atoms with van der Waals surface area (Å²) in [5.74, 6) is -0.0158. The van der Waals surface area contributed by atoms with Crippen molar-refractivity contribution >= 4 is 5.69 Å². The topological polar surface area (TPSA) is 78.4 Å². The number of nitro benzene ring substituents is 1. The van der Waals surface area contributed by atoms with Gasteiger partial charge in [0.25, 0.3) is 12.1 Å². The van der Waals surface area contributed by atoms with E-state index in [0.29, 0.717) is 6.42 Å². The maximum atomic E-state index is 13.1. The second-order valence-electron chi connectivity index (χ2n) is 5.24. The zero-order chi connectivity index (χ0) is 15.4. The van der Waals surface area contributed by atoms with Crippen molar-refractivity contribution in [3.05, 3.63) is 33.9 Å². The Labute approximate surface area is 121 Å². The summed E-state index contributed by atoms with van der Waals surface area (Å²) < 4.78 is 31.8. The maximum absolute atomic E-state index is 13.1. The molecule has 1 aliphatic carbocycles. The summed E-state index contributed by atoms with van der Waals surface area (Å²) in [6.45, 7) is 0. The van der Waals surface area contributed by atoms with Gasteiger partial charge in [-0.1, -0.05) is 12.8 Å². The number of benzene rings is 1. The first-order chi connectivity index (χ1) is 9.99. The molecule has 1 aromatic rings. The van der Waals surface area contributed by atoms with Gasteiger partial charge in [-0.2, -0.15) is 0 Å². The number of alkyl halides is 2. The quantitative estimate of drug-likeness (QED) is 0.524. The number of halogens is 2.